The maximum Gasteiger partial charge on any atom is 0.253 e. The number of carbonyl (C=O) groups is 9. The van der Waals surface area contributed by atoms with Gasteiger partial charge in [0, 0.05) is 81.9 Å². The van der Waals surface area contributed by atoms with Crippen LogP contribution in [0.3, 0.4) is 0 Å². The molecule has 1 fully saturated rings. The van der Waals surface area contributed by atoms with Crippen LogP contribution in [0.5, 0.6) is 0 Å². The van der Waals surface area contributed by atoms with Crippen LogP contribution in [-0.2, 0) is 59.0 Å². The van der Waals surface area contributed by atoms with E-state index in [0.717, 1.165) is 16.5 Å². The molecule has 7 N–H and O–H groups in total. The molecule has 434 valence electrons. The number of amides is 9. The van der Waals surface area contributed by atoms with Crippen LogP contribution in [0.1, 0.15) is 131 Å². The summed E-state index contributed by atoms with van der Waals surface area (Å²) in [7, 11) is 6.75. The van der Waals surface area contributed by atoms with E-state index in [4.69, 9.17) is 15.2 Å². The molecule has 0 radical (unpaired) electrons. The van der Waals surface area contributed by atoms with Gasteiger partial charge in [0.15, 0.2) is 0 Å². The van der Waals surface area contributed by atoms with Gasteiger partial charge in [-0.1, -0.05) is 85.9 Å². The van der Waals surface area contributed by atoms with Gasteiger partial charge in [-0.25, -0.2) is 0 Å². The zero-order valence-corrected chi connectivity index (χ0v) is 48.1. The summed E-state index contributed by atoms with van der Waals surface area (Å²) >= 11 is 0. The fourth-order valence-corrected chi connectivity index (χ4v) is 11.3. The Morgan fingerprint density at radius 3 is 1.97 bits per heavy atom. The van der Waals surface area contributed by atoms with Crippen molar-refractivity contribution in [3.05, 3.63) is 48.2 Å². The van der Waals surface area contributed by atoms with E-state index in [2.05, 4.69) is 33.4 Å². The standard InChI is InChI=1S/C57H90N10O11/c1-12-37(6)52(44(77-10)33-49(72)66-31-21-24-43(66)53(78-11)38(7)55(74)60-42(54(58)73)32-39-34-59-41-23-18-17-22-40(39)41)65(9)51(36(4)5)57(76)61-56(75)50(35(2)3)64(8)29-19-13-15-25-45(68)62-63-46(69)26-16-14-20-30-67-47(70)27-28-48(67)71/h17-18,22-23,27-28,34-38,42-44,50-53,59H,12-16,19-21,24-26,29-33H2,1-11H3,(H2,58,73)(H,60,74)(H,62,68)(H,63,69)(H,61,75,76)/t37-,38+,42-,43-,44+,50-,51-,52-,53+/m0/s1. The normalized spacial score (nSPS) is 17.8. The number of para-hydroxylation sites is 1. The number of nitrogens with two attached hydrogens (primary N) is 1. The summed E-state index contributed by atoms with van der Waals surface area (Å²) in [6.07, 6.45) is 9.18. The maximum absolute atomic E-state index is 14.5. The lowest BCUT2D eigenvalue weighted by atomic mass is 9.87. The van der Waals surface area contributed by atoms with Crippen molar-refractivity contribution < 1.29 is 52.6 Å². The van der Waals surface area contributed by atoms with Crippen LogP contribution in [0.4, 0.5) is 0 Å². The Balaban J connectivity index is 1.30. The van der Waals surface area contributed by atoms with Gasteiger partial charge in [-0.3, -0.25) is 74.0 Å². The first-order valence-electron chi connectivity index (χ1n) is 27.9. The fraction of sp³-hybridized carbons (Fsp3) is 0.667. The summed E-state index contributed by atoms with van der Waals surface area (Å²) in [6, 6.07) is 4.44. The van der Waals surface area contributed by atoms with Crippen LogP contribution in [0.25, 0.3) is 10.9 Å². The van der Waals surface area contributed by atoms with Gasteiger partial charge in [-0.05, 0) is 88.5 Å². The van der Waals surface area contributed by atoms with Crippen LogP contribution in [0.15, 0.2) is 42.6 Å². The molecule has 9 amide bonds. The van der Waals surface area contributed by atoms with Crippen LogP contribution in [-0.4, -0.2) is 168 Å². The van der Waals surface area contributed by atoms with Gasteiger partial charge in [-0.2, -0.15) is 0 Å². The number of hydrazine groups is 1. The predicted octanol–water partition coefficient (Wildman–Crippen LogP) is 3.89. The zero-order valence-electron chi connectivity index (χ0n) is 48.1. The van der Waals surface area contributed by atoms with Gasteiger partial charge in [-0.15, -0.1) is 0 Å². The molecule has 0 spiro atoms. The molecule has 1 saturated heterocycles. The number of likely N-dealkylation sites (N-methyl/N-ethyl adjacent to an activating group) is 2. The fourth-order valence-electron chi connectivity index (χ4n) is 11.3. The highest BCUT2D eigenvalue weighted by atomic mass is 16.5. The van der Waals surface area contributed by atoms with E-state index < -0.39 is 72.0 Å². The number of primary amides is 1. The van der Waals surface area contributed by atoms with Crippen molar-refractivity contribution in [2.75, 3.05) is 47.9 Å². The third-order valence-electron chi connectivity index (χ3n) is 15.6. The van der Waals surface area contributed by atoms with Crippen molar-refractivity contribution in [3.63, 3.8) is 0 Å². The van der Waals surface area contributed by atoms with Crippen molar-refractivity contribution >= 4 is 64.1 Å². The van der Waals surface area contributed by atoms with Crippen molar-refractivity contribution in [3.8, 4) is 0 Å². The number of aromatic nitrogens is 1. The van der Waals surface area contributed by atoms with Gasteiger partial charge in [0.1, 0.15) is 6.04 Å². The van der Waals surface area contributed by atoms with E-state index >= 15 is 0 Å². The summed E-state index contributed by atoms with van der Waals surface area (Å²) < 4.78 is 12.1. The van der Waals surface area contributed by atoms with Gasteiger partial charge < -0.3 is 30.4 Å². The topological polar surface area (TPSA) is 275 Å². The number of hydrogen-bond donors (Lipinski definition) is 6. The number of carbonyl (C=O) groups excluding carboxylic acids is 9. The monoisotopic (exact) mass is 1090 g/mol. The third kappa shape index (κ3) is 18.0. The number of unbranched alkanes of at least 4 members (excludes halogenated alkanes) is 4. The quantitative estimate of drug-likeness (QED) is 0.0337. The molecule has 1 aromatic carbocycles. The van der Waals surface area contributed by atoms with E-state index in [1.54, 1.807) is 18.9 Å². The minimum absolute atomic E-state index is 0.0132. The number of hydrogen-bond acceptors (Lipinski definition) is 13. The highest BCUT2D eigenvalue weighted by Gasteiger charge is 2.44. The lowest BCUT2D eigenvalue weighted by Gasteiger charge is -2.43. The van der Waals surface area contributed by atoms with Crippen LogP contribution in [0, 0.1) is 23.7 Å². The van der Waals surface area contributed by atoms with E-state index in [0.29, 0.717) is 77.4 Å². The maximum atomic E-state index is 14.5. The Bertz CT molecular complexity index is 2370. The summed E-state index contributed by atoms with van der Waals surface area (Å²) in [5, 5.41) is 6.53. The molecular formula is C57H90N10O11. The molecule has 2 aliphatic rings. The van der Waals surface area contributed by atoms with Crippen molar-refractivity contribution in [1.29, 1.82) is 0 Å². The molecule has 0 aliphatic carbocycles. The SMILES string of the molecule is CC[C@H](C)[C@@H]([C@@H](CC(=O)N1CCC[C@H]1[C@H](OC)[C@@H](C)C(=O)N[C@@H](Cc1c[nH]c2ccccc12)C(N)=O)OC)N(C)[C@H](C(=O)NC(=O)[C@H](C(C)C)N(C)CCCCCC(=O)NNC(=O)CCCCCN1C(=O)C=CC1=O)C(C)C. The average molecular weight is 1090 g/mol. The molecule has 0 saturated carbocycles. The molecule has 21 heteroatoms. The number of ether oxygens (including phenoxy) is 2. The molecule has 21 nitrogen and oxygen atoms in total. The smallest absolute Gasteiger partial charge is 0.253 e. The summed E-state index contributed by atoms with van der Waals surface area (Å²) in [5.74, 6) is -4.65. The summed E-state index contributed by atoms with van der Waals surface area (Å²) in [5.41, 5.74) is 12.4. The number of aromatic amines is 1. The van der Waals surface area contributed by atoms with E-state index in [-0.39, 0.29) is 73.0 Å². The molecule has 1 aromatic heterocycles. The first kappa shape index (κ1) is 64.5. The number of fused-ring (bicyclic) bond motifs is 1. The minimum Gasteiger partial charge on any atom is -0.379 e. The van der Waals surface area contributed by atoms with Gasteiger partial charge in [0.2, 0.25) is 41.4 Å². The second-order valence-electron chi connectivity index (χ2n) is 21.9. The van der Waals surface area contributed by atoms with Crippen LogP contribution < -0.4 is 27.2 Å². The number of nitrogens with zero attached hydrogens (tertiary/aromatic N) is 4. The van der Waals surface area contributed by atoms with E-state index in [1.807, 2.05) is 89.0 Å². The Hall–Kier alpha value is -6.03. The molecule has 2 aliphatic heterocycles. The largest absolute Gasteiger partial charge is 0.379 e. The van der Waals surface area contributed by atoms with Gasteiger partial charge in [0.05, 0.1) is 42.7 Å². The Morgan fingerprint density at radius 2 is 1.40 bits per heavy atom. The van der Waals surface area contributed by atoms with Crippen molar-refractivity contribution in [1.82, 2.24) is 46.1 Å². The summed E-state index contributed by atoms with van der Waals surface area (Å²) in [4.78, 5) is 128. The molecule has 9 atom stereocenters. The molecule has 2 aromatic rings. The Morgan fingerprint density at radius 1 is 0.795 bits per heavy atom. The number of methoxy groups -OCH3 is 2. The Labute approximate surface area is 461 Å². The molecular weight excluding hydrogens is 1000 g/mol. The highest BCUT2D eigenvalue weighted by Crippen LogP contribution is 2.31. The van der Waals surface area contributed by atoms with Crippen molar-refractivity contribution in [2.24, 2.45) is 29.4 Å². The third-order valence-corrected chi connectivity index (χ3v) is 15.6. The van der Waals surface area contributed by atoms with Crippen LogP contribution >= 0.6 is 0 Å². The molecule has 3 heterocycles. The zero-order chi connectivity index (χ0) is 57.8. The number of H-pyrrole nitrogens is 1. The molecule has 0 bridgehead atoms. The van der Waals surface area contributed by atoms with E-state index in [1.165, 1.54) is 24.2 Å². The number of benzene rings is 1. The highest BCUT2D eigenvalue weighted by molar-refractivity contribution is 6.12. The predicted molar refractivity (Wildman–Crippen MR) is 296 cm³/mol. The van der Waals surface area contributed by atoms with Crippen molar-refractivity contribution in [2.45, 2.75) is 174 Å². The lowest BCUT2D eigenvalue weighted by Crippen LogP contribution is -2.60. The molecule has 0 unspecified atom stereocenters. The summed E-state index contributed by atoms with van der Waals surface area (Å²) in [6.45, 7) is 14.8. The first-order valence-corrected chi connectivity index (χ1v) is 27.9. The first-order chi connectivity index (χ1) is 37.1. The Kier molecular flexibility index (Phi) is 26.1. The molecule has 4 rings (SSSR count). The van der Waals surface area contributed by atoms with Crippen LogP contribution in [0.2, 0.25) is 0 Å². The lowest BCUT2D eigenvalue weighted by molar-refractivity contribution is -0.144. The van der Waals surface area contributed by atoms with E-state index in [9.17, 15) is 43.2 Å². The number of nitrogens with one attached hydrogen (secondary N) is 5. The number of imide groups is 2. The average Bonchev–Trinajstić information content (AvgIpc) is 4.14. The second kappa shape index (κ2) is 31.5. The number of likely N-dealkylation sites (tertiary alicyclic amines) is 1. The molecule has 78 heavy (non-hydrogen) atoms. The number of rotatable bonds is 33. The van der Waals surface area contributed by atoms with Gasteiger partial charge in [0.25, 0.3) is 11.8 Å². The minimum atomic E-state index is -0.978. The second-order valence-corrected chi connectivity index (χ2v) is 21.9. The van der Waals surface area contributed by atoms with Gasteiger partial charge >= 0.3 is 0 Å².